The molecule has 0 aromatic rings. The molecule has 0 amide bonds. The lowest BCUT2D eigenvalue weighted by atomic mass is 10.7. The van der Waals surface area contributed by atoms with E-state index in [9.17, 15) is 43.2 Å². The molecule has 0 aliphatic rings. The smallest absolute Gasteiger partial charge is 0.260 e. The van der Waals surface area contributed by atoms with Crippen LogP contribution in [0.1, 0.15) is 0 Å². The third-order valence-corrected chi connectivity index (χ3v) is 4.36. The molecule has 0 radical (unpaired) electrons. The average molecular weight is 340 g/mol. The Bertz CT molecular complexity index is 441. The van der Waals surface area contributed by atoms with E-state index in [2.05, 4.69) is 8.37 Å². The van der Waals surface area contributed by atoms with Gasteiger partial charge < -0.3 is 0 Å². The molecular weight excluding hydrogens is 334 g/mol. The second-order valence-electron chi connectivity index (χ2n) is 2.99. The normalized spacial score (nSPS) is 14.6. The Morgan fingerprint density at radius 1 is 0.684 bits per heavy atom. The van der Waals surface area contributed by atoms with Crippen LogP contribution in [-0.2, 0) is 28.6 Å². The molecule has 0 aromatic carbocycles. The molecular formula is C5H6F6O6S2. The lowest BCUT2D eigenvalue weighted by Gasteiger charge is -2.10. The van der Waals surface area contributed by atoms with Crippen LogP contribution in [0.15, 0.2) is 0 Å². The van der Waals surface area contributed by atoms with E-state index in [1.165, 1.54) is 0 Å². The van der Waals surface area contributed by atoms with Crippen LogP contribution in [0.2, 0.25) is 0 Å². The fourth-order valence-electron chi connectivity index (χ4n) is 0.558. The molecule has 0 aromatic heterocycles. The zero-order valence-electron chi connectivity index (χ0n) is 8.66. The second kappa shape index (κ2) is 5.80. The third-order valence-electron chi connectivity index (χ3n) is 1.09. The fraction of sp³-hybridized carbons (Fsp3) is 1.00. The topological polar surface area (TPSA) is 86.7 Å². The van der Waals surface area contributed by atoms with Gasteiger partial charge in [0.25, 0.3) is 20.2 Å². The Labute approximate surface area is 103 Å². The zero-order valence-corrected chi connectivity index (χ0v) is 10.3. The fourth-order valence-corrected chi connectivity index (χ4v) is 3.14. The van der Waals surface area contributed by atoms with Gasteiger partial charge in [-0.15, -0.1) is 0 Å². The minimum absolute atomic E-state index is 2.16. The van der Waals surface area contributed by atoms with Gasteiger partial charge in [-0.2, -0.15) is 43.2 Å². The van der Waals surface area contributed by atoms with Gasteiger partial charge >= 0.3 is 12.4 Å². The molecule has 0 aliphatic carbocycles. The highest BCUT2D eigenvalue weighted by Crippen LogP contribution is 2.18. The van der Waals surface area contributed by atoms with Crippen LogP contribution >= 0.6 is 0 Å². The molecule has 0 bridgehead atoms. The summed E-state index contributed by atoms with van der Waals surface area (Å²) in [6.45, 7) is -4.60. The van der Waals surface area contributed by atoms with Gasteiger partial charge in [0.15, 0.2) is 13.2 Å². The Balaban J connectivity index is 4.57. The SMILES string of the molecule is O=S(=O)(CS(=O)(=O)OCC(F)(F)F)OCC(F)(F)F. The number of halogens is 6. The van der Waals surface area contributed by atoms with Crippen molar-refractivity contribution in [1.82, 2.24) is 0 Å². The minimum atomic E-state index is -5.24. The maximum Gasteiger partial charge on any atom is 0.413 e. The first-order valence-corrected chi connectivity index (χ1v) is 7.15. The number of alkyl halides is 6. The minimum Gasteiger partial charge on any atom is -0.260 e. The van der Waals surface area contributed by atoms with Crippen molar-refractivity contribution in [3.05, 3.63) is 0 Å². The highest BCUT2D eigenvalue weighted by molar-refractivity contribution is 8.03. The molecule has 0 rings (SSSR count). The molecule has 0 spiro atoms. The monoisotopic (exact) mass is 340 g/mol. The molecule has 14 heteroatoms. The number of hydrogen-bond acceptors (Lipinski definition) is 6. The molecule has 0 atom stereocenters. The van der Waals surface area contributed by atoms with Gasteiger partial charge in [-0.25, -0.2) is 0 Å². The summed E-state index contributed by atoms with van der Waals surface area (Å²) >= 11 is 0. The zero-order chi connectivity index (χ0) is 15.5. The molecule has 116 valence electrons. The lowest BCUT2D eigenvalue weighted by Crippen LogP contribution is -2.28. The molecule has 0 unspecified atom stereocenters. The standard InChI is InChI=1S/C5H6F6O6S2/c6-4(7,8)1-16-18(12,13)3-19(14,15)17-2-5(9,10)11/h1-3H2. The van der Waals surface area contributed by atoms with E-state index >= 15 is 0 Å². The summed E-state index contributed by atoms with van der Waals surface area (Å²) in [5, 5.41) is -2.16. The van der Waals surface area contributed by atoms with Gasteiger partial charge in [0.2, 0.25) is 5.08 Å². The van der Waals surface area contributed by atoms with Gasteiger partial charge in [0.1, 0.15) is 0 Å². The second-order valence-corrected chi connectivity index (χ2v) is 6.63. The molecule has 0 aliphatic heterocycles. The Hall–Kier alpha value is -0.600. The quantitative estimate of drug-likeness (QED) is 0.524. The molecule has 19 heavy (non-hydrogen) atoms. The maximum absolute atomic E-state index is 11.6. The van der Waals surface area contributed by atoms with Crippen molar-refractivity contribution in [3.8, 4) is 0 Å². The van der Waals surface area contributed by atoms with E-state index in [-0.39, 0.29) is 0 Å². The first-order valence-electron chi connectivity index (χ1n) is 4.00. The van der Waals surface area contributed by atoms with Crippen LogP contribution in [-0.4, -0.2) is 47.5 Å². The lowest BCUT2D eigenvalue weighted by molar-refractivity contribution is -0.152. The highest BCUT2D eigenvalue weighted by Gasteiger charge is 2.35. The summed E-state index contributed by atoms with van der Waals surface area (Å²) in [6, 6.07) is 0. The van der Waals surface area contributed by atoms with Gasteiger partial charge in [-0.3, -0.25) is 8.37 Å². The summed E-state index contributed by atoms with van der Waals surface area (Å²) in [7, 11) is -10.5. The largest absolute Gasteiger partial charge is 0.413 e. The van der Waals surface area contributed by atoms with E-state index in [0.29, 0.717) is 0 Å². The van der Waals surface area contributed by atoms with Crippen LogP contribution in [0.25, 0.3) is 0 Å². The van der Waals surface area contributed by atoms with E-state index in [0.717, 1.165) is 0 Å². The van der Waals surface area contributed by atoms with Crippen molar-refractivity contribution < 1.29 is 51.5 Å². The van der Waals surface area contributed by atoms with E-state index in [4.69, 9.17) is 0 Å². The van der Waals surface area contributed by atoms with Crippen LogP contribution in [0.3, 0.4) is 0 Å². The molecule has 0 heterocycles. The predicted molar refractivity (Wildman–Crippen MR) is 46.7 cm³/mol. The van der Waals surface area contributed by atoms with Gasteiger partial charge in [-0.1, -0.05) is 0 Å². The third kappa shape index (κ3) is 11.0. The van der Waals surface area contributed by atoms with Crippen molar-refractivity contribution in [1.29, 1.82) is 0 Å². The Morgan fingerprint density at radius 2 is 0.947 bits per heavy atom. The van der Waals surface area contributed by atoms with E-state index in [1.807, 2.05) is 0 Å². The molecule has 0 fully saturated rings. The van der Waals surface area contributed by atoms with E-state index < -0.39 is 50.9 Å². The average Bonchev–Trinajstić information content (AvgIpc) is 2.09. The summed E-state index contributed by atoms with van der Waals surface area (Å²) in [6.07, 6.45) is -10.1. The van der Waals surface area contributed by atoms with Crippen LogP contribution in [0, 0.1) is 0 Å². The van der Waals surface area contributed by atoms with Gasteiger partial charge in [0.05, 0.1) is 0 Å². The first kappa shape index (κ1) is 18.4. The number of rotatable bonds is 6. The van der Waals surface area contributed by atoms with Gasteiger partial charge in [0, 0.05) is 0 Å². The number of hydrogen-bond donors (Lipinski definition) is 0. The highest BCUT2D eigenvalue weighted by atomic mass is 32.3. The van der Waals surface area contributed by atoms with Crippen LogP contribution in [0.4, 0.5) is 26.3 Å². The van der Waals surface area contributed by atoms with Gasteiger partial charge in [-0.05, 0) is 0 Å². The van der Waals surface area contributed by atoms with Crippen molar-refractivity contribution >= 4 is 20.2 Å². The Kier molecular flexibility index (Phi) is 5.62. The summed E-state index contributed by atoms with van der Waals surface area (Å²) < 4.78 is 119. The maximum atomic E-state index is 11.6. The summed E-state index contributed by atoms with van der Waals surface area (Å²) in [4.78, 5) is 0. The van der Waals surface area contributed by atoms with Crippen molar-refractivity contribution in [2.75, 3.05) is 18.3 Å². The van der Waals surface area contributed by atoms with Crippen LogP contribution in [0.5, 0.6) is 0 Å². The molecule has 0 saturated heterocycles. The molecule has 0 saturated carbocycles. The Morgan fingerprint density at radius 3 is 1.16 bits per heavy atom. The van der Waals surface area contributed by atoms with Crippen molar-refractivity contribution in [2.24, 2.45) is 0 Å². The van der Waals surface area contributed by atoms with Crippen molar-refractivity contribution in [3.63, 3.8) is 0 Å². The van der Waals surface area contributed by atoms with Crippen LogP contribution < -0.4 is 0 Å². The predicted octanol–water partition coefficient (Wildman–Crippen LogP) is 0.761. The van der Waals surface area contributed by atoms with E-state index in [1.54, 1.807) is 0 Å². The summed E-state index contributed by atoms with van der Waals surface area (Å²) in [5.74, 6) is 0. The molecule has 6 nitrogen and oxygen atoms in total. The van der Waals surface area contributed by atoms with Crippen molar-refractivity contribution in [2.45, 2.75) is 12.4 Å². The summed E-state index contributed by atoms with van der Waals surface area (Å²) in [5.41, 5.74) is 0. The first-order chi connectivity index (χ1) is 8.12. The molecule has 0 N–H and O–H groups in total.